The van der Waals surface area contributed by atoms with E-state index >= 15 is 0 Å². The fourth-order valence-electron chi connectivity index (χ4n) is 2.53. The third kappa shape index (κ3) is 9.91. The first-order chi connectivity index (χ1) is 11.3. The van der Waals surface area contributed by atoms with Gasteiger partial charge in [0.25, 0.3) is 0 Å². The molecular formula is C22H32Si. The van der Waals surface area contributed by atoms with Crippen molar-refractivity contribution in [3.63, 3.8) is 0 Å². The van der Waals surface area contributed by atoms with E-state index < -0.39 is 0 Å². The lowest BCUT2D eigenvalue weighted by molar-refractivity contribution is 0.887. The summed E-state index contributed by atoms with van der Waals surface area (Å²) in [5.41, 5.74) is 3.18. The lowest BCUT2D eigenvalue weighted by atomic mass is 10.1. The summed E-state index contributed by atoms with van der Waals surface area (Å²) in [6.07, 6.45) is 20.7. The van der Waals surface area contributed by atoms with Crippen molar-refractivity contribution in [3.05, 3.63) is 77.9 Å². The average molecular weight is 325 g/mol. The Morgan fingerprint density at radius 3 is 1.52 bits per heavy atom. The minimum absolute atomic E-state index is 1.17. The molecule has 124 valence electrons. The van der Waals surface area contributed by atoms with Gasteiger partial charge in [0.05, 0.1) is 0 Å². The van der Waals surface area contributed by atoms with Crippen molar-refractivity contribution >= 4 is 15.4 Å². The van der Waals surface area contributed by atoms with E-state index in [0.717, 1.165) is 0 Å². The lowest BCUT2D eigenvalue weighted by Gasteiger charge is -1.93. The molecular weight excluding hydrogens is 292 g/mol. The summed E-state index contributed by atoms with van der Waals surface area (Å²) in [4.78, 5) is 0. The van der Waals surface area contributed by atoms with E-state index in [9.17, 15) is 0 Å². The normalized spacial score (nSPS) is 14.5. The van der Waals surface area contributed by atoms with Crippen LogP contribution < -0.4 is 5.19 Å². The Morgan fingerprint density at radius 1 is 0.783 bits per heavy atom. The van der Waals surface area contributed by atoms with Crippen molar-refractivity contribution < 1.29 is 0 Å². The fraction of sp³-hybridized carbons (Fsp3) is 0.364. The third-order valence-electron chi connectivity index (χ3n) is 3.78. The molecule has 0 spiro atoms. The van der Waals surface area contributed by atoms with E-state index in [-0.39, 0.29) is 0 Å². The second kappa shape index (κ2) is 12.9. The van der Waals surface area contributed by atoms with Crippen LogP contribution >= 0.6 is 0 Å². The molecule has 0 atom stereocenters. The minimum Gasteiger partial charge on any atom is -0.0805 e. The van der Waals surface area contributed by atoms with Gasteiger partial charge in [-0.1, -0.05) is 110 Å². The van der Waals surface area contributed by atoms with Crippen molar-refractivity contribution in [2.24, 2.45) is 0 Å². The van der Waals surface area contributed by atoms with Gasteiger partial charge < -0.3 is 0 Å². The van der Waals surface area contributed by atoms with Crippen LogP contribution in [0.2, 0.25) is 0 Å². The first kappa shape index (κ1) is 19.4. The van der Waals surface area contributed by atoms with Gasteiger partial charge in [0.2, 0.25) is 0 Å². The molecule has 1 aromatic carbocycles. The Bertz CT molecular complexity index is 500. The van der Waals surface area contributed by atoms with Gasteiger partial charge in [-0.15, -0.1) is 0 Å². The van der Waals surface area contributed by atoms with E-state index in [0.29, 0.717) is 0 Å². The predicted octanol–water partition coefficient (Wildman–Crippen LogP) is 5.02. The molecule has 0 saturated heterocycles. The van der Waals surface area contributed by atoms with Gasteiger partial charge in [-0.05, 0) is 25.7 Å². The highest BCUT2D eigenvalue weighted by molar-refractivity contribution is 6.32. The average Bonchev–Trinajstić information content (AvgIpc) is 3.24. The van der Waals surface area contributed by atoms with Crippen molar-refractivity contribution in [2.75, 3.05) is 0 Å². The summed E-state index contributed by atoms with van der Waals surface area (Å²) in [5.74, 6) is 0. The molecule has 2 aliphatic rings. The van der Waals surface area contributed by atoms with E-state index in [4.69, 9.17) is 0 Å². The number of benzene rings is 1. The first-order valence-corrected chi connectivity index (χ1v) is 9.97. The minimum atomic E-state index is 1.17. The molecule has 23 heavy (non-hydrogen) atoms. The van der Waals surface area contributed by atoms with E-state index in [2.05, 4.69) is 74.6 Å². The molecule has 0 radical (unpaired) electrons. The highest BCUT2D eigenvalue weighted by atomic mass is 28.1. The Balaban J connectivity index is 0.000000173. The summed E-state index contributed by atoms with van der Waals surface area (Å²) in [6, 6.07) is 10.5. The molecule has 0 amide bonds. The van der Waals surface area contributed by atoms with E-state index in [1.165, 1.54) is 54.0 Å². The highest BCUT2D eigenvalue weighted by Crippen LogP contribution is 2.15. The van der Waals surface area contributed by atoms with Gasteiger partial charge in [-0.25, -0.2) is 0 Å². The van der Waals surface area contributed by atoms with Gasteiger partial charge in [0.1, 0.15) is 0 Å². The van der Waals surface area contributed by atoms with Crippen LogP contribution in [0.5, 0.6) is 0 Å². The summed E-state index contributed by atoms with van der Waals surface area (Å²) >= 11 is 0. The second-order valence-corrected chi connectivity index (χ2v) is 7.22. The number of hydrogen-bond donors (Lipinski definition) is 0. The summed E-state index contributed by atoms with van der Waals surface area (Å²) < 4.78 is 0. The van der Waals surface area contributed by atoms with Gasteiger partial charge in [0.15, 0.2) is 0 Å². The standard InChI is InChI=1S/2C8H12.C6H8Si/c2*1-2-5-8-6-3-4-7-8;7-6-4-2-1-3-5-6/h2*3-4,6H,2,5,7H2,1H3;1-5H,7H3. The molecule has 0 fully saturated rings. The maximum atomic E-state index is 2.23. The maximum absolute atomic E-state index is 2.23. The Kier molecular flexibility index (Phi) is 10.9. The van der Waals surface area contributed by atoms with Crippen LogP contribution in [0.4, 0.5) is 0 Å². The molecule has 0 unspecified atom stereocenters. The van der Waals surface area contributed by atoms with Crippen LogP contribution in [0.1, 0.15) is 52.4 Å². The molecule has 1 aromatic rings. The van der Waals surface area contributed by atoms with Gasteiger partial charge in [-0.2, -0.15) is 0 Å². The molecule has 0 aliphatic heterocycles. The van der Waals surface area contributed by atoms with Crippen LogP contribution in [0.3, 0.4) is 0 Å². The number of hydrogen-bond acceptors (Lipinski definition) is 0. The lowest BCUT2D eigenvalue weighted by Crippen LogP contribution is -1.97. The van der Waals surface area contributed by atoms with Gasteiger partial charge in [0, 0.05) is 10.2 Å². The quantitative estimate of drug-likeness (QED) is 0.682. The maximum Gasteiger partial charge on any atom is 0.0384 e. The summed E-state index contributed by atoms with van der Waals surface area (Å²) in [7, 11) is 1.17. The van der Waals surface area contributed by atoms with E-state index in [1.807, 2.05) is 6.07 Å². The topological polar surface area (TPSA) is 0 Å². The zero-order valence-corrected chi connectivity index (χ0v) is 17.1. The largest absolute Gasteiger partial charge is 0.0805 e. The molecule has 0 heterocycles. The van der Waals surface area contributed by atoms with Crippen LogP contribution in [0.15, 0.2) is 77.9 Å². The number of allylic oxidation sites excluding steroid dienone is 8. The van der Waals surface area contributed by atoms with Crippen molar-refractivity contribution in [2.45, 2.75) is 52.4 Å². The summed E-state index contributed by atoms with van der Waals surface area (Å²) in [6.45, 7) is 4.44. The zero-order valence-electron chi connectivity index (χ0n) is 15.1. The van der Waals surface area contributed by atoms with Crippen LogP contribution in [-0.2, 0) is 0 Å². The molecule has 2 aliphatic carbocycles. The zero-order chi connectivity index (χ0) is 16.8. The first-order valence-electron chi connectivity index (χ1n) is 8.97. The van der Waals surface area contributed by atoms with E-state index in [1.54, 1.807) is 11.1 Å². The van der Waals surface area contributed by atoms with Crippen LogP contribution in [-0.4, -0.2) is 10.2 Å². The Morgan fingerprint density at radius 2 is 1.26 bits per heavy atom. The molecule has 0 saturated carbocycles. The molecule has 3 rings (SSSR count). The van der Waals surface area contributed by atoms with Crippen molar-refractivity contribution in [1.29, 1.82) is 0 Å². The van der Waals surface area contributed by atoms with Crippen molar-refractivity contribution in [1.82, 2.24) is 0 Å². The Hall–Kier alpha value is -1.60. The fourth-order valence-corrected chi connectivity index (χ4v) is 2.92. The Labute approximate surface area is 146 Å². The van der Waals surface area contributed by atoms with Gasteiger partial charge >= 0.3 is 0 Å². The smallest absolute Gasteiger partial charge is 0.0384 e. The molecule has 0 bridgehead atoms. The van der Waals surface area contributed by atoms with Crippen LogP contribution in [0.25, 0.3) is 0 Å². The highest BCUT2D eigenvalue weighted by Gasteiger charge is 1.95. The molecule has 0 aromatic heterocycles. The third-order valence-corrected chi connectivity index (χ3v) is 4.45. The summed E-state index contributed by atoms with van der Waals surface area (Å²) in [5, 5.41) is 1.46. The van der Waals surface area contributed by atoms with Crippen LogP contribution in [0, 0.1) is 0 Å². The molecule has 0 nitrogen and oxygen atoms in total. The van der Waals surface area contributed by atoms with Crippen molar-refractivity contribution in [3.8, 4) is 0 Å². The predicted molar refractivity (Wildman–Crippen MR) is 110 cm³/mol. The SMILES string of the molecule is CCCC1=CC=CC1.CCCC1=CC=CC1.[SiH3]c1ccccc1. The van der Waals surface area contributed by atoms with Gasteiger partial charge in [-0.3, -0.25) is 0 Å². The monoisotopic (exact) mass is 324 g/mol. The molecule has 0 N–H and O–H groups in total. The second-order valence-electron chi connectivity index (χ2n) is 6.07. The number of rotatable bonds is 4. The molecule has 1 heteroatoms.